The Morgan fingerprint density at radius 3 is 3.08 bits per heavy atom. The molecular formula is C18H22ClN3O2. The molecule has 1 aromatic carbocycles. The number of fused-ring (bicyclic) bond motifs is 1. The molecule has 1 aromatic heterocycles. The average Bonchev–Trinajstić information content (AvgIpc) is 2.97. The molecule has 0 bridgehead atoms. The first kappa shape index (κ1) is 16.8. The number of ether oxygens (including phenoxy) is 1. The summed E-state index contributed by atoms with van der Waals surface area (Å²) in [6.45, 7) is 3.48. The van der Waals surface area contributed by atoms with E-state index < -0.39 is 0 Å². The fourth-order valence-electron chi connectivity index (χ4n) is 2.91. The van der Waals surface area contributed by atoms with Crippen molar-refractivity contribution in [3.05, 3.63) is 46.5 Å². The van der Waals surface area contributed by atoms with Gasteiger partial charge in [0.05, 0.1) is 10.7 Å². The van der Waals surface area contributed by atoms with Crippen molar-refractivity contribution in [2.24, 2.45) is 0 Å². The van der Waals surface area contributed by atoms with E-state index in [4.69, 9.17) is 16.3 Å². The van der Waals surface area contributed by atoms with Crippen molar-refractivity contribution in [2.75, 3.05) is 13.2 Å². The normalized spacial score (nSPS) is 13.4. The molecule has 3 rings (SSSR count). The highest BCUT2D eigenvalue weighted by atomic mass is 35.5. The quantitative estimate of drug-likeness (QED) is 0.874. The number of para-hydroxylation sites is 1. The summed E-state index contributed by atoms with van der Waals surface area (Å²) in [5.41, 5.74) is 1.95. The number of nitrogens with zero attached hydrogens (tertiary/aromatic N) is 2. The Hall–Kier alpha value is -2.01. The molecule has 1 N–H and O–H groups in total. The van der Waals surface area contributed by atoms with Gasteiger partial charge in [0.2, 0.25) is 0 Å². The Morgan fingerprint density at radius 2 is 2.29 bits per heavy atom. The van der Waals surface area contributed by atoms with Crippen LogP contribution in [0.15, 0.2) is 24.4 Å². The molecule has 1 aliphatic rings. The van der Waals surface area contributed by atoms with Gasteiger partial charge in [-0.1, -0.05) is 23.7 Å². The van der Waals surface area contributed by atoms with Gasteiger partial charge in [0.25, 0.3) is 5.91 Å². The van der Waals surface area contributed by atoms with Crippen molar-refractivity contribution in [2.45, 2.75) is 39.2 Å². The summed E-state index contributed by atoms with van der Waals surface area (Å²) in [6.07, 6.45) is 6.32. The molecule has 6 heteroatoms. The number of aromatic nitrogens is 2. The van der Waals surface area contributed by atoms with E-state index in [2.05, 4.69) is 21.1 Å². The van der Waals surface area contributed by atoms with Crippen LogP contribution >= 0.6 is 11.6 Å². The lowest BCUT2D eigenvalue weighted by Crippen LogP contribution is -2.30. The molecule has 2 aromatic rings. The number of carbonyl (C=O) groups is 1. The summed E-state index contributed by atoms with van der Waals surface area (Å²) < 4.78 is 7.76. The van der Waals surface area contributed by atoms with Crippen LogP contribution in [0.1, 0.15) is 29.9 Å². The second-order valence-corrected chi connectivity index (χ2v) is 6.48. The second kappa shape index (κ2) is 7.71. The van der Waals surface area contributed by atoms with Crippen molar-refractivity contribution in [3.8, 4) is 5.75 Å². The average molecular weight is 348 g/mol. The van der Waals surface area contributed by atoms with Gasteiger partial charge < -0.3 is 14.6 Å². The van der Waals surface area contributed by atoms with Gasteiger partial charge in [0, 0.05) is 32.1 Å². The molecule has 24 heavy (non-hydrogen) atoms. The number of benzene rings is 1. The molecule has 0 unspecified atom stereocenters. The molecule has 0 saturated carbocycles. The first-order valence-corrected chi connectivity index (χ1v) is 8.71. The van der Waals surface area contributed by atoms with Crippen molar-refractivity contribution in [3.63, 3.8) is 0 Å². The molecular weight excluding hydrogens is 326 g/mol. The van der Waals surface area contributed by atoms with E-state index >= 15 is 0 Å². The van der Waals surface area contributed by atoms with Crippen LogP contribution in [0.3, 0.4) is 0 Å². The van der Waals surface area contributed by atoms with Crippen LogP contribution in [-0.4, -0.2) is 28.6 Å². The van der Waals surface area contributed by atoms with Crippen LogP contribution in [0.5, 0.6) is 5.75 Å². The molecule has 0 radical (unpaired) electrons. The first-order valence-electron chi connectivity index (χ1n) is 8.33. The first-order chi connectivity index (χ1) is 11.6. The number of halogens is 1. The number of hydrogen-bond donors (Lipinski definition) is 1. The van der Waals surface area contributed by atoms with Gasteiger partial charge in [-0.2, -0.15) is 0 Å². The minimum absolute atomic E-state index is 0.0374. The maximum atomic E-state index is 11.9. The summed E-state index contributed by atoms with van der Waals surface area (Å²) >= 11 is 6.08. The van der Waals surface area contributed by atoms with Gasteiger partial charge in [-0.3, -0.25) is 4.79 Å². The summed E-state index contributed by atoms with van der Waals surface area (Å²) in [4.78, 5) is 16.5. The summed E-state index contributed by atoms with van der Waals surface area (Å²) in [7, 11) is 0. The number of rotatable bonds is 6. The molecule has 1 amide bonds. The van der Waals surface area contributed by atoms with Gasteiger partial charge in [0.15, 0.2) is 6.61 Å². The van der Waals surface area contributed by atoms with Crippen LogP contribution in [0.25, 0.3) is 0 Å². The van der Waals surface area contributed by atoms with E-state index in [0.29, 0.717) is 17.3 Å². The second-order valence-electron chi connectivity index (χ2n) is 6.07. The van der Waals surface area contributed by atoms with E-state index in [-0.39, 0.29) is 12.5 Å². The zero-order valence-electron chi connectivity index (χ0n) is 13.8. The van der Waals surface area contributed by atoms with Gasteiger partial charge in [0.1, 0.15) is 11.6 Å². The SMILES string of the molecule is Cc1cccc(Cl)c1OCC(=O)NCCc1cn2c(n1)CCCC2. The van der Waals surface area contributed by atoms with E-state index in [1.807, 2.05) is 19.1 Å². The Kier molecular flexibility index (Phi) is 5.41. The lowest BCUT2D eigenvalue weighted by Gasteiger charge is -2.11. The highest BCUT2D eigenvalue weighted by Crippen LogP contribution is 2.27. The van der Waals surface area contributed by atoms with Crippen molar-refractivity contribution >= 4 is 17.5 Å². The zero-order valence-corrected chi connectivity index (χ0v) is 14.6. The monoisotopic (exact) mass is 347 g/mol. The Bertz CT molecular complexity index is 683. The highest BCUT2D eigenvalue weighted by molar-refractivity contribution is 6.32. The standard InChI is InChI=1S/C18H22ClN3O2/c1-13-5-4-6-15(19)18(13)24-12-17(23)20-9-8-14-11-22-10-3-2-7-16(22)21-14/h4-6,11H,2-3,7-10,12H2,1H3,(H,20,23). The van der Waals surface area contributed by atoms with Gasteiger partial charge in [-0.25, -0.2) is 4.98 Å². The molecule has 0 spiro atoms. The van der Waals surface area contributed by atoms with Crippen molar-refractivity contribution < 1.29 is 9.53 Å². The number of amides is 1. The Balaban J connectivity index is 1.43. The maximum Gasteiger partial charge on any atom is 0.257 e. The van der Waals surface area contributed by atoms with Crippen LogP contribution in [-0.2, 0) is 24.2 Å². The maximum absolute atomic E-state index is 11.9. The van der Waals surface area contributed by atoms with Crippen LogP contribution < -0.4 is 10.1 Å². The zero-order chi connectivity index (χ0) is 16.9. The fraction of sp³-hybridized carbons (Fsp3) is 0.444. The van der Waals surface area contributed by atoms with Gasteiger partial charge >= 0.3 is 0 Å². The molecule has 0 saturated heterocycles. The Labute approximate surface area is 147 Å². The van der Waals surface area contributed by atoms with Crippen LogP contribution in [0.2, 0.25) is 5.02 Å². The summed E-state index contributed by atoms with van der Waals surface area (Å²) in [5.74, 6) is 1.58. The van der Waals surface area contributed by atoms with Gasteiger partial charge in [-0.05, 0) is 31.4 Å². The van der Waals surface area contributed by atoms with Crippen LogP contribution in [0.4, 0.5) is 0 Å². The van der Waals surface area contributed by atoms with Crippen molar-refractivity contribution in [1.82, 2.24) is 14.9 Å². The Morgan fingerprint density at radius 1 is 1.42 bits per heavy atom. The van der Waals surface area contributed by atoms with Crippen molar-refractivity contribution in [1.29, 1.82) is 0 Å². The molecule has 128 valence electrons. The molecule has 5 nitrogen and oxygen atoms in total. The largest absolute Gasteiger partial charge is 0.482 e. The lowest BCUT2D eigenvalue weighted by molar-refractivity contribution is -0.123. The predicted octanol–water partition coefficient (Wildman–Crippen LogP) is 2.92. The number of imidazole rings is 1. The molecule has 1 aliphatic heterocycles. The summed E-state index contributed by atoms with van der Waals surface area (Å²) in [6, 6.07) is 5.51. The molecule has 2 heterocycles. The highest BCUT2D eigenvalue weighted by Gasteiger charge is 2.12. The van der Waals surface area contributed by atoms with E-state index in [1.54, 1.807) is 6.07 Å². The topological polar surface area (TPSA) is 56.1 Å². The number of nitrogens with one attached hydrogen (secondary N) is 1. The predicted molar refractivity (Wildman–Crippen MR) is 93.6 cm³/mol. The molecule has 0 atom stereocenters. The third-order valence-corrected chi connectivity index (χ3v) is 4.47. The number of hydrogen-bond acceptors (Lipinski definition) is 3. The summed E-state index contributed by atoms with van der Waals surface area (Å²) in [5, 5.41) is 3.38. The van der Waals surface area contributed by atoms with Gasteiger partial charge in [-0.15, -0.1) is 0 Å². The third-order valence-electron chi connectivity index (χ3n) is 4.17. The van der Waals surface area contributed by atoms with E-state index in [9.17, 15) is 4.79 Å². The molecule has 0 aliphatic carbocycles. The smallest absolute Gasteiger partial charge is 0.257 e. The molecule has 0 fully saturated rings. The number of aryl methyl sites for hydroxylation is 3. The lowest BCUT2D eigenvalue weighted by atomic mass is 10.2. The van der Waals surface area contributed by atoms with Crippen LogP contribution in [0, 0.1) is 6.92 Å². The van der Waals surface area contributed by atoms with E-state index in [1.165, 1.54) is 18.7 Å². The fourth-order valence-corrected chi connectivity index (χ4v) is 3.19. The number of carbonyl (C=O) groups excluding carboxylic acids is 1. The third kappa shape index (κ3) is 4.09. The minimum atomic E-state index is -0.154. The minimum Gasteiger partial charge on any atom is -0.482 e. The van der Waals surface area contributed by atoms with E-state index in [0.717, 1.165) is 30.6 Å².